The first-order valence-electron chi connectivity index (χ1n) is 9.65. The number of aromatic nitrogens is 1. The second kappa shape index (κ2) is 7.26. The van der Waals surface area contributed by atoms with Crippen LogP contribution in [0.2, 0.25) is 0 Å². The average molecular weight is 418 g/mol. The van der Waals surface area contributed by atoms with E-state index in [-0.39, 0.29) is 5.75 Å². The first-order chi connectivity index (χ1) is 14.2. The van der Waals surface area contributed by atoms with Crippen LogP contribution >= 0.6 is 0 Å². The molecule has 0 spiro atoms. The Morgan fingerprint density at radius 3 is 2.20 bits per heavy atom. The third-order valence-electron chi connectivity index (χ3n) is 5.68. The van der Waals surface area contributed by atoms with Crippen LogP contribution in [-0.2, 0) is 14.6 Å². The number of phenols is 1. The Labute approximate surface area is 176 Å². The predicted octanol–water partition coefficient (Wildman–Crippen LogP) is 5.55. The first kappa shape index (κ1) is 20.1. The molecule has 5 heteroatoms. The molecule has 4 aromatic rings. The van der Waals surface area contributed by atoms with Gasteiger partial charge in [0.2, 0.25) is 0 Å². The Kier molecular flexibility index (Phi) is 4.86. The molecule has 0 unspecified atom stereocenters. The van der Waals surface area contributed by atoms with Crippen molar-refractivity contribution in [2.24, 2.45) is 0 Å². The topological polar surface area (TPSA) is 67.3 Å². The highest BCUT2D eigenvalue weighted by Crippen LogP contribution is 2.37. The highest BCUT2D eigenvalue weighted by Gasteiger charge is 2.33. The van der Waals surface area contributed by atoms with E-state index in [9.17, 15) is 13.5 Å². The normalized spacial score (nSPS) is 12.2. The van der Waals surface area contributed by atoms with Crippen LogP contribution < -0.4 is 0 Å². The van der Waals surface area contributed by atoms with Crippen molar-refractivity contribution in [2.75, 3.05) is 6.26 Å². The maximum absolute atomic E-state index is 12.5. The van der Waals surface area contributed by atoms with Gasteiger partial charge in [-0.15, -0.1) is 0 Å². The van der Waals surface area contributed by atoms with Gasteiger partial charge in [-0.2, -0.15) is 0 Å². The summed E-state index contributed by atoms with van der Waals surface area (Å²) in [5.41, 5.74) is 5.22. The molecule has 30 heavy (non-hydrogen) atoms. The van der Waals surface area contributed by atoms with Gasteiger partial charge in [-0.25, -0.2) is 8.42 Å². The molecule has 0 aliphatic carbocycles. The Hall–Kier alpha value is -3.18. The van der Waals surface area contributed by atoms with E-state index in [2.05, 4.69) is 4.98 Å². The fraction of sp³-hybridized carbons (Fsp3) is 0.160. The summed E-state index contributed by atoms with van der Waals surface area (Å²) in [5.74, 6) is 0.210. The van der Waals surface area contributed by atoms with Gasteiger partial charge >= 0.3 is 0 Å². The van der Waals surface area contributed by atoms with Crippen LogP contribution in [0.3, 0.4) is 0 Å². The number of sulfone groups is 1. The van der Waals surface area contributed by atoms with E-state index in [0.29, 0.717) is 0 Å². The van der Waals surface area contributed by atoms with Crippen LogP contribution in [0.1, 0.15) is 19.4 Å². The predicted molar refractivity (Wildman–Crippen MR) is 122 cm³/mol. The molecule has 1 N–H and O–H groups in total. The fourth-order valence-corrected chi connectivity index (χ4v) is 4.07. The zero-order valence-electron chi connectivity index (χ0n) is 17.1. The van der Waals surface area contributed by atoms with E-state index in [1.54, 1.807) is 32.2 Å². The van der Waals surface area contributed by atoms with Crippen molar-refractivity contribution in [3.8, 4) is 28.0 Å². The molecule has 0 aliphatic heterocycles. The van der Waals surface area contributed by atoms with E-state index in [1.807, 2.05) is 60.7 Å². The highest BCUT2D eigenvalue weighted by molar-refractivity contribution is 7.91. The van der Waals surface area contributed by atoms with Crippen LogP contribution in [0, 0.1) is 0 Å². The van der Waals surface area contributed by atoms with Crippen molar-refractivity contribution in [1.29, 1.82) is 0 Å². The van der Waals surface area contributed by atoms with Gasteiger partial charge in [0.15, 0.2) is 9.84 Å². The fourth-order valence-electron chi connectivity index (χ4n) is 3.53. The quantitative estimate of drug-likeness (QED) is 0.472. The third kappa shape index (κ3) is 3.57. The molecule has 152 valence electrons. The molecular formula is C25H23NO3S. The number of hydrogen-bond donors (Lipinski definition) is 1. The lowest BCUT2D eigenvalue weighted by Crippen LogP contribution is -2.28. The summed E-state index contributed by atoms with van der Waals surface area (Å²) in [6.07, 6.45) is 3.01. The van der Waals surface area contributed by atoms with Crippen molar-refractivity contribution in [2.45, 2.75) is 18.6 Å². The molecule has 1 aromatic heterocycles. The number of rotatable bonds is 4. The minimum atomic E-state index is -3.33. The second-order valence-corrected chi connectivity index (χ2v) is 10.6. The van der Waals surface area contributed by atoms with E-state index in [4.69, 9.17) is 0 Å². The third-order valence-corrected chi connectivity index (χ3v) is 7.77. The van der Waals surface area contributed by atoms with E-state index in [1.165, 1.54) is 6.26 Å². The lowest BCUT2D eigenvalue weighted by atomic mass is 9.92. The summed E-state index contributed by atoms with van der Waals surface area (Å²) in [6, 6.07) is 22.7. The Morgan fingerprint density at radius 1 is 0.833 bits per heavy atom. The van der Waals surface area contributed by atoms with Gasteiger partial charge in [-0.3, -0.25) is 4.98 Å². The molecule has 0 bridgehead atoms. The van der Waals surface area contributed by atoms with Crippen molar-refractivity contribution in [3.63, 3.8) is 0 Å². The second-order valence-electron chi connectivity index (χ2n) is 8.01. The summed E-state index contributed by atoms with van der Waals surface area (Å²) in [6.45, 7) is 3.46. The number of pyridine rings is 1. The Bertz CT molecular complexity index is 1360. The molecule has 0 saturated heterocycles. The molecule has 0 amide bonds. The van der Waals surface area contributed by atoms with Gasteiger partial charge in [-0.1, -0.05) is 36.4 Å². The number of hydrogen-bond acceptors (Lipinski definition) is 4. The van der Waals surface area contributed by atoms with Crippen LogP contribution in [-0.4, -0.2) is 24.8 Å². The molecule has 4 nitrogen and oxygen atoms in total. The summed E-state index contributed by atoms with van der Waals surface area (Å²) in [4.78, 5) is 4.57. The average Bonchev–Trinajstić information content (AvgIpc) is 2.72. The molecular weight excluding hydrogens is 394 g/mol. The van der Waals surface area contributed by atoms with Gasteiger partial charge in [-0.05, 0) is 72.5 Å². The first-order valence-corrected chi connectivity index (χ1v) is 11.5. The van der Waals surface area contributed by atoms with Crippen LogP contribution in [0.25, 0.3) is 33.2 Å². The van der Waals surface area contributed by atoms with Crippen molar-refractivity contribution in [1.82, 2.24) is 4.98 Å². The lowest BCUT2D eigenvalue weighted by Gasteiger charge is -2.24. The SMILES string of the molecule is CC(C)(c1cc(-c2cccc(-c3cccc(O)c3)c2)c2ncccc2c1)S(C)(=O)=O. The minimum Gasteiger partial charge on any atom is -0.508 e. The molecule has 0 aliphatic rings. The van der Waals surface area contributed by atoms with Crippen LogP contribution in [0.4, 0.5) is 0 Å². The van der Waals surface area contributed by atoms with Gasteiger partial charge in [0.1, 0.15) is 5.75 Å². The summed E-state index contributed by atoms with van der Waals surface area (Å²) in [5, 5.41) is 10.7. The van der Waals surface area contributed by atoms with E-state index in [0.717, 1.165) is 38.7 Å². The maximum Gasteiger partial charge on any atom is 0.156 e. The highest BCUT2D eigenvalue weighted by atomic mass is 32.2. The summed E-state index contributed by atoms with van der Waals surface area (Å²) < 4.78 is 23.9. The lowest BCUT2D eigenvalue weighted by molar-refractivity contribution is 0.475. The standard InChI is InChI=1S/C25H23NO3S/c1-25(2,30(3,28)29)21-14-20-10-6-12-26-24(20)23(16-21)19-9-4-7-17(13-19)18-8-5-11-22(27)15-18/h4-16,27H,1-3H3. The maximum atomic E-state index is 12.5. The van der Waals surface area contributed by atoms with Gasteiger partial charge in [0, 0.05) is 23.4 Å². The molecule has 3 aromatic carbocycles. The van der Waals surface area contributed by atoms with Gasteiger partial charge < -0.3 is 5.11 Å². The molecule has 0 fully saturated rings. The van der Waals surface area contributed by atoms with Crippen LogP contribution in [0.15, 0.2) is 79.0 Å². The van der Waals surface area contributed by atoms with E-state index < -0.39 is 14.6 Å². The zero-order chi connectivity index (χ0) is 21.5. The van der Waals surface area contributed by atoms with Crippen molar-refractivity contribution in [3.05, 3.63) is 84.6 Å². The molecule has 0 atom stereocenters. The molecule has 1 heterocycles. The Balaban J connectivity index is 1.96. The number of nitrogens with zero attached hydrogens (tertiary/aromatic N) is 1. The zero-order valence-corrected chi connectivity index (χ0v) is 17.9. The summed E-state index contributed by atoms with van der Waals surface area (Å²) in [7, 11) is -3.33. The van der Waals surface area contributed by atoms with Gasteiger partial charge in [0.25, 0.3) is 0 Å². The van der Waals surface area contributed by atoms with Crippen molar-refractivity contribution >= 4 is 20.7 Å². The minimum absolute atomic E-state index is 0.210. The smallest absolute Gasteiger partial charge is 0.156 e. The number of phenolic OH excluding ortho intramolecular Hbond substituents is 1. The number of fused-ring (bicyclic) bond motifs is 1. The summed E-state index contributed by atoms with van der Waals surface area (Å²) >= 11 is 0. The molecule has 0 saturated carbocycles. The number of aromatic hydroxyl groups is 1. The molecule has 0 radical (unpaired) electrons. The monoisotopic (exact) mass is 417 g/mol. The van der Waals surface area contributed by atoms with Gasteiger partial charge in [0.05, 0.1) is 10.3 Å². The largest absolute Gasteiger partial charge is 0.508 e. The van der Waals surface area contributed by atoms with Crippen LogP contribution in [0.5, 0.6) is 5.75 Å². The number of benzene rings is 3. The Morgan fingerprint density at radius 2 is 1.50 bits per heavy atom. The van der Waals surface area contributed by atoms with Crippen molar-refractivity contribution < 1.29 is 13.5 Å². The van der Waals surface area contributed by atoms with E-state index >= 15 is 0 Å². The molecule has 4 rings (SSSR count).